The van der Waals surface area contributed by atoms with Crippen molar-refractivity contribution < 1.29 is 23.5 Å². The number of furan rings is 1. The minimum absolute atomic E-state index is 0.0831. The van der Waals surface area contributed by atoms with Gasteiger partial charge in [-0.05, 0) is 48.9 Å². The molecule has 1 fully saturated rings. The van der Waals surface area contributed by atoms with Crippen molar-refractivity contribution in [2.75, 3.05) is 6.61 Å². The van der Waals surface area contributed by atoms with E-state index in [1.807, 2.05) is 31.2 Å². The third-order valence-corrected chi connectivity index (χ3v) is 5.58. The van der Waals surface area contributed by atoms with Crippen molar-refractivity contribution >= 4 is 17.8 Å². The molecule has 29 heavy (non-hydrogen) atoms. The summed E-state index contributed by atoms with van der Waals surface area (Å²) in [7, 11) is 0. The zero-order valence-corrected chi connectivity index (χ0v) is 16.3. The van der Waals surface area contributed by atoms with Crippen LogP contribution in [0.4, 0.5) is 0 Å². The first-order valence-electron chi connectivity index (χ1n) is 9.90. The molecule has 2 unspecified atom stereocenters. The van der Waals surface area contributed by atoms with Crippen LogP contribution in [0.25, 0.3) is 0 Å². The van der Waals surface area contributed by atoms with Crippen molar-refractivity contribution in [2.45, 2.75) is 44.8 Å². The lowest BCUT2D eigenvalue weighted by Gasteiger charge is -2.34. The van der Waals surface area contributed by atoms with Gasteiger partial charge in [-0.2, -0.15) is 0 Å². The van der Waals surface area contributed by atoms with Crippen LogP contribution in [-0.2, 0) is 27.3 Å². The average Bonchev–Trinajstić information content (AvgIpc) is 3.45. The molecule has 2 aliphatic rings. The number of esters is 1. The van der Waals surface area contributed by atoms with Gasteiger partial charge in [0.2, 0.25) is 0 Å². The highest BCUT2D eigenvalue weighted by Gasteiger charge is 2.37. The lowest BCUT2D eigenvalue weighted by Crippen LogP contribution is -2.50. The summed E-state index contributed by atoms with van der Waals surface area (Å²) < 4.78 is 10.5. The Kier molecular flexibility index (Phi) is 5.38. The van der Waals surface area contributed by atoms with Gasteiger partial charge in [-0.25, -0.2) is 4.79 Å². The highest BCUT2D eigenvalue weighted by atomic mass is 16.5. The Morgan fingerprint density at radius 2 is 1.93 bits per heavy atom. The summed E-state index contributed by atoms with van der Waals surface area (Å²) in [5, 5.41) is 2.86. The molecule has 2 aromatic rings. The first-order valence-corrected chi connectivity index (χ1v) is 9.90. The van der Waals surface area contributed by atoms with Gasteiger partial charge in [0.1, 0.15) is 6.04 Å². The van der Waals surface area contributed by atoms with E-state index < -0.39 is 12.0 Å². The molecule has 1 aliphatic carbocycles. The van der Waals surface area contributed by atoms with Crippen LogP contribution < -0.4 is 5.32 Å². The molecule has 2 amide bonds. The van der Waals surface area contributed by atoms with Gasteiger partial charge in [0, 0.05) is 19.0 Å². The van der Waals surface area contributed by atoms with E-state index in [0.717, 1.165) is 24.0 Å². The molecule has 1 N–H and O–H groups in total. The molecule has 152 valence electrons. The molecule has 1 aromatic heterocycles. The normalized spacial score (nSPS) is 19.2. The SMILES string of the molecule is CC(NC(=O)COC(=O)C1Cc2ccccc2CN1C(=O)c1ccco1)C1CC1. The number of hydrogen-bond acceptors (Lipinski definition) is 5. The molecular formula is C22H24N2O5. The number of rotatable bonds is 6. The maximum atomic E-state index is 12.9. The van der Waals surface area contributed by atoms with Crippen molar-refractivity contribution in [2.24, 2.45) is 5.92 Å². The second-order valence-corrected chi connectivity index (χ2v) is 7.70. The number of benzene rings is 1. The van der Waals surface area contributed by atoms with Gasteiger partial charge < -0.3 is 19.4 Å². The molecule has 1 saturated carbocycles. The van der Waals surface area contributed by atoms with Crippen LogP contribution in [0, 0.1) is 5.92 Å². The summed E-state index contributed by atoms with van der Waals surface area (Å²) >= 11 is 0. The first-order chi connectivity index (χ1) is 14.0. The van der Waals surface area contributed by atoms with Crippen LogP contribution in [0.3, 0.4) is 0 Å². The van der Waals surface area contributed by atoms with Crippen molar-refractivity contribution in [1.29, 1.82) is 0 Å². The molecule has 2 atom stereocenters. The average molecular weight is 396 g/mol. The standard InChI is InChI=1S/C22H24N2O5/c1-14(15-8-9-15)23-20(25)13-29-22(27)18-11-16-5-2-3-6-17(16)12-24(18)21(26)19-7-4-10-28-19/h2-7,10,14-15,18H,8-9,11-13H2,1H3,(H,23,25). The number of carbonyl (C=O) groups is 3. The lowest BCUT2D eigenvalue weighted by molar-refractivity contribution is -0.153. The number of hydrogen-bond donors (Lipinski definition) is 1. The number of ether oxygens (including phenoxy) is 1. The van der Waals surface area contributed by atoms with Crippen LogP contribution >= 0.6 is 0 Å². The quantitative estimate of drug-likeness (QED) is 0.757. The van der Waals surface area contributed by atoms with Crippen molar-refractivity contribution in [3.63, 3.8) is 0 Å². The summed E-state index contributed by atoms with van der Waals surface area (Å²) in [6, 6.07) is 10.1. The Bertz CT molecular complexity index is 904. The van der Waals surface area contributed by atoms with Gasteiger partial charge in [0.25, 0.3) is 11.8 Å². The molecule has 0 radical (unpaired) electrons. The fraction of sp³-hybridized carbons (Fsp3) is 0.409. The molecule has 0 bridgehead atoms. The second kappa shape index (κ2) is 8.11. The fourth-order valence-electron chi connectivity index (χ4n) is 3.73. The van der Waals surface area contributed by atoms with Crippen LogP contribution in [0.15, 0.2) is 47.1 Å². The van der Waals surface area contributed by atoms with E-state index in [0.29, 0.717) is 12.3 Å². The van der Waals surface area contributed by atoms with E-state index in [9.17, 15) is 14.4 Å². The Labute approximate surface area is 169 Å². The highest BCUT2D eigenvalue weighted by molar-refractivity contribution is 5.95. The van der Waals surface area contributed by atoms with E-state index in [1.54, 1.807) is 12.1 Å². The highest BCUT2D eigenvalue weighted by Crippen LogP contribution is 2.32. The Hall–Kier alpha value is -3.09. The number of nitrogens with one attached hydrogen (secondary N) is 1. The maximum Gasteiger partial charge on any atom is 0.329 e. The fourth-order valence-corrected chi connectivity index (χ4v) is 3.73. The molecular weight excluding hydrogens is 372 g/mol. The molecule has 7 heteroatoms. The van der Waals surface area contributed by atoms with Gasteiger partial charge in [-0.15, -0.1) is 0 Å². The maximum absolute atomic E-state index is 12.9. The minimum Gasteiger partial charge on any atom is -0.459 e. The number of amides is 2. The largest absolute Gasteiger partial charge is 0.459 e. The first kappa shape index (κ1) is 19.2. The lowest BCUT2D eigenvalue weighted by atomic mass is 9.93. The molecule has 1 aliphatic heterocycles. The van der Waals surface area contributed by atoms with Crippen LogP contribution in [0.5, 0.6) is 0 Å². The monoisotopic (exact) mass is 396 g/mol. The Morgan fingerprint density at radius 3 is 2.62 bits per heavy atom. The van der Waals surface area contributed by atoms with E-state index in [-0.39, 0.29) is 36.8 Å². The molecule has 2 heterocycles. The van der Waals surface area contributed by atoms with Crippen LogP contribution in [-0.4, -0.2) is 41.4 Å². The number of fused-ring (bicyclic) bond motifs is 1. The van der Waals surface area contributed by atoms with E-state index in [2.05, 4.69) is 5.32 Å². The minimum atomic E-state index is -0.809. The van der Waals surface area contributed by atoms with E-state index >= 15 is 0 Å². The van der Waals surface area contributed by atoms with Gasteiger partial charge in [-0.1, -0.05) is 24.3 Å². The summed E-state index contributed by atoms with van der Waals surface area (Å²) in [6.45, 7) is 1.89. The van der Waals surface area contributed by atoms with Gasteiger partial charge in [0.15, 0.2) is 12.4 Å². The Morgan fingerprint density at radius 1 is 1.17 bits per heavy atom. The third-order valence-electron chi connectivity index (χ3n) is 5.58. The summed E-state index contributed by atoms with van der Waals surface area (Å²) in [5.74, 6) is -0.603. The second-order valence-electron chi connectivity index (χ2n) is 7.70. The summed E-state index contributed by atoms with van der Waals surface area (Å²) in [6.07, 6.45) is 3.99. The van der Waals surface area contributed by atoms with Crippen LogP contribution in [0.2, 0.25) is 0 Å². The van der Waals surface area contributed by atoms with Gasteiger partial charge >= 0.3 is 5.97 Å². The van der Waals surface area contributed by atoms with Crippen molar-refractivity contribution in [3.8, 4) is 0 Å². The molecule has 4 rings (SSSR count). The summed E-state index contributed by atoms with van der Waals surface area (Å²) in [5.41, 5.74) is 1.97. The smallest absolute Gasteiger partial charge is 0.329 e. The topological polar surface area (TPSA) is 88.9 Å². The van der Waals surface area contributed by atoms with Crippen LogP contribution in [0.1, 0.15) is 41.4 Å². The third kappa shape index (κ3) is 4.34. The summed E-state index contributed by atoms with van der Waals surface area (Å²) in [4.78, 5) is 39.2. The molecule has 0 spiro atoms. The molecule has 1 aromatic carbocycles. The molecule has 0 saturated heterocycles. The van der Waals surface area contributed by atoms with E-state index in [1.165, 1.54) is 11.2 Å². The molecule has 7 nitrogen and oxygen atoms in total. The van der Waals surface area contributed by atoms with Gasteiger partial charge in [-0.3, -0.25) is 9.59 Å². The predicted molar refractivity (Wildman–Crippen MR) is 104 cm³/mol. The van der Waals surface area contributed by atoms with Crippen molar-refractivity contribution in [1.82, 2.24) is 10.2 Å². The van der Waals surface area contributed by atoms with E-state index in [4.69, 9.17) is 9.15 Å². The Balaban J connectivity index is 1.45. The zero-order chi connectivity index (χ0) is 20.4. The predicted octanol–water partition coefficient (Wildman–Crippen LogP) is 2.30. The zero-order valence-electron chi connectivity index (χ0n) is 16.3. The number of nitrogens with zero attached hydrogens (tertiary/aromatic N) is 1. The number of carbonyl (C=O) groups excluding carboxylic acids is 3. The van der Waals surface area contributed by atoms with Gasteiger partial charge in [0.05, 0.1) is 6.26 Å². The van der Waals surface area contributed by atoms with Crippen molar-refractivity contribution in [3.05, 3.63) is 59.5 Å².